The molecule has 4 rings (SSSR count). The number of hydrogen-bond acceptors (Lipinski definition) is 5. The Morgan fingerprint density at radius 2 is 1.83 bits per heavy atom. The number of benzene rings is 3. The Labute approximate surface area is 174 Å². The summed E-state index contributed by atoms with van der Waals surface area (Å²) in [5.74, 6) is 2.05. The van der Waals surface area contributed by atoms with E-state index in [4.69, 9.17) is 4.74 Å². The van der Waals surface area contributed by atoms with Gasteiger partial charge in [-0.3, -0.25) is 0 Å². The van der Waals surface area contributed by atoms with Gasteiger partial charge in [0.25, 0.3) is 0 Å². The number of rotatable bonds is 7. The molecule has 1 unspecified atom stereocenters. The zero-order valence-corrected chi connectivity index (χ0v) is 17.3. The lowest BCUT2D eigenvalue weighted by atomic mass is 10.1. The van der Waals surface area contributed by atoms with Crippen molar-refractivity contribution in [3.63, 3.8) is 0 Å². The van der Waals surface area contributed by atoms with Crippen LogP contribution in [0.3, 0.4) is 0 Å². The second kappa shape index (κ2) is 8.68. The second-order valence-corrected chi connectivity index (χ2v) is 8.01. The van der Waals surface area contributed by atoms with Gasteiger partial charge in [0.15, 0.2) is 11.0 Å². The van der Waals surface area contributed by atoms with Gasteiger partial charge in [-0.2, -0.15) is 0 Å². The van der Waals surface area contributed by atoms with Gasteiger partial charge < -0.3 is 14.4 Å². The predicted octanol–water partition coefficient (Wildman–Crippen LogP) is 4.48. The quantitative estimate of drug-likeness (QED) is 0.460. The van der Waals surface area contributed by atoms with Crippen molar-refractivity contribution in [2.75, 3.05) is 12.4 Å². The van der Waals surface area contributed by atoms with Crippen LogP contribution in [-0.4, -0.2) is 38.3 Å². The molecule has 0 spiro atoms. The Kier molecular flexibility index (Phi) is 5.83. The number of aromatic nitrogens is 3. The van der Waals surface area contributed by atoms with E-state index >= 15 is 0 Å². The third-order valence-corrected chi connectivity index (χ3v) is 5.84. The molecule has 5 nitrogen and oxygen atoms in total. The highest BCUT2D eigenvalue weighted by Gasteiger charge is 2.14. The minimum atomic E-state index is -0.606. The molecule has 4 aromatic rings. The Bertz CT molecular complexity index is 1130. The van der Waals surface area contributed by atoms with Gasteiger partial charge in [-0.15, -0.1) is 10.2 Å². The van der Waals surface area contributed by atoms with Crippen LogP contribution in [0.2, 0.25) is 0 Å². The van der Waals surface area contributed by atoms with Gasteiger partial charge in [-0.1, -0.05) is 65.9 Å². The van der Waals surface area contributed by atoms with Crippen LogP contribution >= 0.6 is 11.8 Å². The summed E-state index contributed by atoms with van der Waals surface area (Å²) in [4.78, 5) is 0. The largest absolute Gasteiger partial charge is 0.491 e. The van der Waals surface area contributed by atoms with Crippen LogP contribution in [0.1, 0.15) is 5.56 Å². The van der Waals surface area contributed by atoms with Crippen molar-refractivity contribution in [1.82, 2.24) is 14.8 Å². The fourth-order valence-corrected chi connectivity index (χ4v) is 3.96. The van der Waals surface area contributed by atoms with Crippen molar-refractivity contribution in [3.8, 4) is 17.1 Å². The first kappa shape index (κ1) is 19.5. The summed E-state index contributed by atoms with van der Waals surface area (Å²) >= 11 is 1.47. The Balaban J connectivity index is 1.34. The summed E-state index contributed by atoms with van der Waals surface area (Å²) in [5.41, 5.74) is 2.22. The number of ether oxygens (including phenoxy) is 1. The molecule has 148 valence electrons. The SMILES string of the molecule is Cc1cccc(-c2nnc(SCC(O)COc3ccc4ccccc4c3)n2C)c1. The number of nitrogens with zero attached hydrogens (tertiary/aromatic N) is 3. The predicted molar refractivity (Wildman–Crippen MR) is 117 cm³/mol. The Morgan fingerprint density at radius 1 is 1.00 bits per heavy atom. The lowest BCUT2D eigenvalue weighted by Crippen LogP contribution is -2.20. The lowest BCUT2D eigenvalue weighted by molar-refractivity contribution is 0.126. The first-order valence-electron chi connectivity index (χ1n) is 9.49. The van der Waals surface area contributed by atoms with E-state index in [1.165, 1.54) is 22.7 Å². The molecule has 0 aliphatic heterocycles. The maximum atomic E-state index is 10.3. The lowest BCUT2D eigenvalue weighted by Gasteiger charge is -2.12. The van der Waals surface area contributed by atoms with Crippen molar-refractivity contribution in [2.45, 2.75) is 18.2 Å². The molecule has 0 fully saturated rings. The van der Waals surface area contributed by atoms with Crippen LogP contribution < -0.4 is 4.74 Å². The normalized spacial score (nSPS) is 12.2. The summed E-state index contributed by atoms with van der Waals surface area (Å²) in [6.07, 6.45) is -0.606. The molecule has 1 atom stereocenters. The number of aliphatic hydroxyl groups excluding tert-OH is 1. The van der Waals surface area contributed by atoms with E-state index in [1.54, 1.807) is 0 Å². The summed E-state index contributed by atoms with van der Waals surface area (Å²) in [6, 6.07) is 22.3. The highest BCUT2D eigenvalue weighted by atomic mass is 32.2. The number of hydrogen-bond donors (Lipinski definition) is 1. The highest BCUT2D eigenvalue weighted by Crippen LogP contribution is 2.24. The molecule has 0 aliphatic rings. The number of aliphatic hydroxyl groups is 1. The van der Waals surface area contributed by atoms with Gasteiger partial charge in [0.05, 0.1) is 6.10 Å². The molecule has 0 amide bonds. The maximum absolute atomic E-state index is 10.3. The van der Waals surface area contributed by atoms with Crippen LogP contribution in [0, 0.1) is 6.92 Å². The van der Waals surface area contributed by atoms with E-state index in [9.17, 15) is 5.11 Å². The minimum Gasteiger partial charge on any atom is -0.491 e. The molecule has 0 saturated heterocycles. The van der Waals surface area contributed by atoms with Crippen molar-refractivity contribution < 1.29 is 9.84 Å². The molecule has 0 bridgehead atoms. The fourth-order valence-electron chi connectivity index (χ4n) is 3.14. The molecule has 1 heterocycles. The summed E-state index contributed by atoms with van der Waals surface area (Å²) < 4.78 is 7.73. The van der Waals surface area contributed by atoms with E-state index in [-0.39, 0.29) is 6.61 Å². The average molecular weight is 406 g/mol. The smallest absolute Gasteiger partial charge is 0.191 e. The summed E-state index contributed by atoms with van der Waals surface area (Å²) in [6.45, 7) is 2.29. The first-order chi connectivity index (χ1) is 14.1. The fraction of sp³-hybridized carbons (Fsp3) is 0.217. The molecule has 0 radical (unpaired) electrons. The third-order valence-electron chi connectivity index (χ3n) is 4.68. The summed E-state index contributed by atoms with van der Waals surface area (Å²) in [7, 11) is 1.94. The molecular weight excluding hydrogens is 382 g/mol. The average Bonchev–Trinajstić information content (AvgIpc) is 3.11. The standard InChI is InChI=1S/C23H23N3O2S/c1-16-6-5-9-19(12-16)22-24-25-23(26(22)2)29-15-20(27)14-28-21-11-10-17-7-3-4-8-18(17)13-21/h3-13,20,27H,14-15H2,1-2H3. The van der Waals surface area contributed by atoms with Gasteiger partial charge in [0.1, 0.15) is 12.4 Å². The maximum Gasteiger partial charge on any atom is 0.191 e. The third kappa shape index (κ3) is 4.60. The van der Waals surface area contributed by atoms with Crippen molar-refractivity contribution >= 4 is 22.5 Å². The van der Waals surface area contributed by atoms with E-state index in [0.717, 1.165) is 27.7 Å². The number of thioether (sulfide) groups is 1. The molecule has 29 heavy (non-hydrogen) atoms. The minimum absolute atomic E-state index is 0.230. The van der Waals surface area contributed by atoms with Gasteiger partial charge in [-0.05, 0) is 35.9 Å². The molecule has 0 aliphatic carbocycles. The second-order valence-electron chi connectivity index (χ2n) is 7.02. The van der Waals surface area contributed by atoms with Gasteiger partial charge >= 0.3 is 0 Å². The zero-order chi connectivity index (χ0) is 20.2. The topological polar surface area (TPSA) is 60.2 Å². The molecule has 6 heteroatoms. The van der Waals surface area contributed by atoms with E-state index < -0.39 is 6.10 Å². The van der Waals surface area contributed by atoms with E-state index in [1.807, 2.05) is 60.1 Å². The molecule has 0 saturated carbocycles. The van der Waals surface area contributed by atoms with Crippen LogP contribution in [0.15, 0.2) is 71.9 Å². The Hall–Kier alpha value is -2.83. The van der Waals surface area contributed by atoms with E-state index in [2.05, 4.69) is 35.3 Å². The van der Waals surface area contributed by atoms with Crippen molar-refractivity contribution in [3.05, 3.63) is 72.3 Å². The number of aryl methyl sites for hydroxylation is 1. The molecular formula is C23H23N3O2S. The molecule has 3 aromatic carbocycles. The van der Waals surface area contributed by atoms with Gasteiger partial charge in [0.2, 0.25) is 0 Å². The van der Waals surface area contributed by atoms with Crippen LogP contribution in [0.5, 0.6) is 5.75 Å². The van der Waals surface area contributed by atoms with Gasteiger partial charge in [0, 0.05) is 18.4 Å². The van der Waals surface area contributed by atoms with Crippen LogP contribution in [0.4, 0.5) is 0 Å². The van der Waals surface area contributed by atoms with Crippen molar-refractivity contribution in [1.29, 1.82) is 0 Å². The van der Waals surface area contributed by atoms with Gasteiger partial charge in [-0.25, -0.2) is 0 Å². The zero-order valence-electron chi connectivity index (χ0n) is 16.4. The van der Waals surface area contributed by atoms with Crippen LogP contribution in [-0.2, 0) is 7.05 Å². The first-order valence-corrected chi connectivity index (χ1v) is 10.5. The number of fused-ring (bicyclic) bond motifs is 1. The van der Waals surface area contributed by atoms with E-state index in [0.29, 0.717) is 5.75 Å². The monoisotopic (exact) mass is 405 g/mol. The molecule has 1 N–H and O–H groups in total. The summed E-state index contributed by atoms with van der Waals surface area (Å²) in [5, 5.41) is 22.0. The van der Waals surface area contributed by atoms with Crippen LogP contribution in [0.25, 0.3) is 22.2 Å². The van der Waals surface area contributed by atoms with Crippen molar-refractivity contribution in [2.24, 2.45) is 7.05 Å². The Morgan fingerprint density at radius 3 is 2.66 bits per heavy atom. The molecule has 1 aromatic heterocycles. The highest BCUT2D eigenvalue weighted by molar-refractivity contribution is 7.99.